The van der Waals surface area contributed by atoms with Crippen molar-refractivity contribution in [3.8, 4) is 0 Å². The van der Waals surface area contributed by atoms with Gasteiger partial charge < -0.3 is 10.6 Å². The predicted molar refractivity (Wildman–Crippen MR) is 82.3 cm³/mol. The van der Waals surface area contributed by atoms with Crippen molar-refractivity contribution < 1.29 is 4.79 Å². The van der Waals surface area contributed by atoms with E-state index in [2.05, 4.69) is 22.7 Å². The third-order valence-electron chi connectivity index (χ3n) is 3.95. The van der Waals surface area contributed by atoms with Crippen molar-refractivity contribution in [3.63, 3.8) is 0 Å². The van der Waals surface area contributed by atoms with Gasteiger partial charge in [0.25, 0.3) is 0 Å². The topological polar surface area (TPSA) is 59.0 Å². The van der Waals surface area contributed by atoms with Crippen molar-refractivity contribution in [2.75, 3.05) is 13.1 Å². The minimum Gasteiger partial charge on any atom is -0.356 e. The molecule has 20 heavy (non-hydrogen) atoms. The molecule has 1 saturated heterocycles. The van der Waals surface area contributed by atoms with E-state index in [1.165, 1.54) is 17.7 Å². The summed E-state index contributed by atoms with van der Waals surface area (Å²) in [6.45, 7) is 5.83. The lowest BCUT2D eigenvalue weighted by molar-refractivity contribution is -0.121. The van der Waals surface area contributed by atoms with E-state index in [-0.39, 0.29) is 18.3 Å². The van der Waals surface area contributed by atoms with Crippen LogP contribution in [0.25, 0.3) is 0 Å². The Balaban J connectivity index is 0.00000200. The van der Waals surface area contributed by atoms with Gasteiger partial charge in [-0.1, -0.05) is 0 Å². The second-order valence-electron chi connectivity index (χ2n) is 5.37. The van der Waals surface area contributed by atoms with Crippen molar-refractivity contribution in [1.29, 1.82) is 0 Å². The molecule has 1 aliphatic rings. The molecule has 1 atom stereocenters. The minimum absolute atomic E-state index is 0. The second kappa shape index (κ2) is 7.64. The number of nitrogens with one attached hydrogen (secondary N) is 2. The summed E-state index contributed by atoms with van der Waals surface area (Å²) in [6, 6.07) is 0.377. The fourth-order valence-electron chi connectivity index (χ4n) is 2.73. The number of hydrogen-bond donors (Lipinski definition) is 2. The van der Waals surface area contributed by atoms with Crippen LogP contribution in [0.2, 0.25) is 0 Å². The van der Waals surface area contributed by atoms with Gasteiger partial charge in [0.05, 0.1) is 5.69 Å². The molecule has 5 nitrogen and oxygen atoms in total. The zero-order chi connectivity index (χ0) is 13.8. The first kappa shape index (κ1) is 17.0. The SMILES string of the molecule is Cc1nn(C)c(C)c1CCNC(=O)CC1CCCN1.Cl. The average molecular weight is 301 g/mol. The molecule has 1 unspecified atom stereocenters. The molecule has 0 spiro atoms. The first-order valence-electron chi connectivity index (χ1n) is 7.07. The van der Waals surface area contributed by atoms with E-state index in [0.29, 0.717) is 19.0 Å². The smallest absolute Gasteiger partial charge is 0.221 e. The Morgan fingerprint density at radius 2 is 2.25 bits per heavy atom. The molecular formula is C14H25ClN4O. The summed E-state index contributed by atoms with van der Waals surface area (Å²) in [6.07, 6.45) is 3.76. The molecule has 0 aromatic carbocycles. The maximum Gasteiger partial charge on any atom is 0.221 e. The normalized spacial score (nSPS) is 17.9. The van der Waals surface area contributed by atoms with Gasteiger partial charge in [-0.3, -0.25) is 9.48 Å². The summed E-state index contributed by atoms with van der Waals surface area (Å²) in [4.78, 5) is 11.8. The Hall–Kier alpha value is -1.07. The molecule has 2 rings (SSSR count). The van der Waals surface area contributed by atoms with E-state index in [4.69, 9.17) is 0 Å². The number of rotatable bonds is 5. The van der Waals surface area contributed by atoms with Crippen LogP contribution < -0.4 is 10.6 Å². The van der Waals surface area contributed by atoms with Gasteiger partial charge in [-0.2, -0.15) is 5.10 Å². The van der Waals surface area contributed by atoms with Gasteiger partial charge in [-0.25, -0.2) is 0 Å². The number of carbonyl (C=O) groups excluding carboxylic acids is 1. The molecule has 1 aromatic rings. The Morgan fingerprint density at radius 3 is 2.80 bits per heavy atom. The van der Waals surface area contributed by atoms with Crippen LogP contribution in [0.3, 0.4) is 0 Å². The van der Waals surface area contributed by atoms with Crippen LogP contribution in [0.4, 0.5) is 0 Å². The fourth-order valence-corrected chi connectivity index (χ4v) is 2.73. The summed E-state index contributed by atoms with van der Waals surface area (Å²) in [5.41, 5.74) is 3.50. The second-order valence-corrected chi connectivity index (χ2v) is 5.37. The Kier molecular flexibility index (Phi) is 6.49. The van der Waals surface area contributed by atoms with E-state index >= 15 is 0 Å². The molecule has 1 aromatic heterocycles. The molecule has 0 bridgehead atoms. The molecule has 0 aliphatic carbocycles. The number of hydrogen-bond acceptors (Lipinski definition) is 3. The lowest BCUT2D eigenvalue weighted by atomic mass is 10.1. The number of carbonyl (C=O) groups is 1. The maximum absolute atomic E-state index is 11.8. The average Bonchev–Trinajstić information content (AvgIpc) is 2.93. The van der Waals surface area contributed by atoms with E-state index < -0.39 is 0 Å². The van der Waals surface area contributed by atoms with E-state index in [0.717, 1.165) is 25.1 Å². The van der Waals surface area contributed by atoms with Crippen LogP contribution in [0.1, 0.15) is 36.2 Å². The van der Waals surface area contributed by atoms with Gasteiger partial charge in [0.2, 0.25) is 5.91 Å². The number of nitrogens with zero attached hydrogens (tertiary/aromatic N) is 2. The van der Waals surface area contributed by atoms with Crippen LogP contribution in [-0.4, -0.2) is 34.8 Å². The lowest BCUT2D eigenvalue weighted by Gasteiger charge is -2.10. The minimum atomic E-state index is 0. The number of aromatic nitrogens is 2. The first-order valence-corrected chi connectivity index (χ1v) is 7.07. The molecular weight excluding hydrogens is 276 g/mol. The number of aryl methyl sites for hydroxylation is 2. The lowest BCUT2D eigenvalue weighted by Crippen LogP contribution is -2.32. The standard InChI is InChI=1S/C14H24N4O.ClH/c1-10-13(11(2)18(3)17-10)6-8-16-14(19)9-12-5-4-7-15-12;/h12,15H,4-9H2,1-3H3,(H,16,19);1H. The summed E-state index contributed by atoms with van der Waals surface area (Å²) < 4.78 is 1.90. The van der Waals surface area contributed by atoms with Crippen LogP contribution in [0.5, 0.6) is 0 Å². The zero-order valence-corrected chi connectivity index (χ0v) is 13.3. The summed E-state index contributed by atoms with van der Waals surface area (Å²) in [7, 11) is 1.95. The Morgan fingerprint density at radius 1 is 1.50 bits per heavy atom. The molecule has 0 radical (unpaired) electrons. The predicted octanol–water partition coefficient (Wildman–Crippen LogP) is 1.26. The van der Waals surface area contributed by atoms with Gasteiger partial charge in [-0.05, 0) is 45.2 Å². The number of halogens is 1. The van der Waals surface area contributed by atoms with Crippen molar-refractivity contribution >= 4 is 18.3 Å². The molecule has 1 fully saturated rings. The molecule has 2 heterocycles. The highest BCUT2D eigenvalue weighted by molar-refractivity contribution is 5.85. The quantitative estimate of drug-likeness (QED) is 0.861. The van der Waals surface area contributed by atoms with Crippen LogP contribution in [0, 0.1) is 13.8 Å². The maximum atomic E-state index is 11.8. The van der Waals surface area contributed by atoms with Crippen molar-refractivity contribution in [2.24, 2.45) is 7.05 Å². The summed E-state index contributed by atoms with van der Waals surface area (Å²) in [5, 5.41) is 10.7. The molecule has 1 amide bonds. The van der Waals surface area contributed by atoms with Crippen molar-refractivity contribution in [2.45, 2.75) is 45.6 Å². The van der Waals surface area contributed by atoms with Gasteiger partial charge >= 0.3 is 0 Å². The van der Waals surface area contributed by atoms with E-state index in [9.17, 15) is 4.79 Å². The Labute approximate surface area is 126 Å². The first-order chi connectivity index (χ1) is 9.08. The highest BCUT2D eigenvalue weighted by Crippen LogP contribution is 2.12. The van der Waals surface area contributed by atoms with Gasteiger partial charge in [0.1, 0.15) is 0 Å². The molecule has 1 aliphatic heterocycles. The largest absolute Gasteiger partial charge is 0.356 e. The summed E-state index contributed by atoms with van der Waals surface area (Å²) in [5.74, 6) is 0.151. The zero-order valence-electron chi connectivity index (χ0n) is 12.5. The van der Waals surface area contributed by atoms with Gasteiger partial charge in [-0.15, -0.1) is 12.4 Å². The molecule has 2 N–H and O–H groups in total. The monoisotopic (exact) mass is 300 g/mol. The van der Waals surface area contributed by atoms with Crippen molar-refractivity contribution in [1.82, 2.24) is 20.4 Å². The Bertz CT molecular complexity index is 452. The van der Waals surface area contributed by atoms with Gasteiger partial charge in [0, 0.05) is 31.7 Å². The molecule has 0 saturated carbocycles. The number of amides is 1. The van der Waals surface area contributed by atoms with Crippen LogP contribution >= 0.6 is 12.4 Å². The highest BCUT2D eigenvalue weighted by atomic mass is 35.5. The summed E-state index contributed by atoms with van der Waals surface area (Å²) >= 11 is 0. The highest BCUT2D eigenvalue weighted by Gasteiger charge is 2.17. The van der Waals surface area contributed by atoms with E-state index in [1.807, 2.05) is 18.7 Å². The third kappa shape index (κ3) is 4.21. The van der Waals surface area contributed by atoms with Crippen LogP contribution in [0.15, 0.2) is 0 Å². The van der Waals surface area contributed by atoms with E-state index in [1.54, 1.807) is 0 Å². The molecule has 6 heteroatoms. The van der Waals surface area contributed by atoms with Gasteiger partial charge in [0.15, 0.2) is 0 Å². The van der Waals surface area contributed by atoms with Crippen LogP contribution in [-0.2, 0) is 18.3 Å². The van der Waals surface area contributed by atoms with Crippen molar-refractivity contribution in [3.05, 3.63) is 17.0 Å². The fraction of sp³-hybridized carbons (Fsp3) is 0.714. The third-order valence-corrected chi connectivity index (χ3v) is 3.95. The molecule has 114 valence electrons.